The van der Waals surface area contributed by atoms with Crippen molar-refractivity contribution in [1.29, 1.82) is 0 Å². The van der Waals surface area contributed by atoms with Crippen molar-refractivity contribution in [2.45, 2.75) is 50.5 Å². The van der Waals surface area contributed by atoms with Crippen molar-refractivity contribution in [2.75, 3.05) is 32.8 Å². The van der Waals surface area contributed by atoms with Gasteiger partial charge < -0.3 is 15.0 Å². The Hall–Kier alpha value is -1.39. The van der Waals surface area contributed by atoms with Crippen LogP contribution in [0, 0.1) is 5.92 Å². The number of nitrogens with zero attached hydrogens (tertiary/aromatic N) is 1. The fraction of sp³-hybridized carbons (Fsp3) is 0.667. The summed E-state index contributed by atoms with van der Waals surface area (Å²) >= 11 is 0. The molecule has 0 aromatic heterocycles. The Labute approximate surface area is 150 Å². The average molecular weight is 342 g/mol. The fourth-order valence-corrected chi connectivity index (χ4v) is 4.68. The summed E-state index contributed by atoms with van der Waals surface area (Å²) in [5.41, 5.74) is 2.62. The number of hydrogen-bond donors (Lipinski definition) is 1. The van der Waals surface area contributed by atoms with Crippen LogP contribution in [0.3, 0.4) is 0 Å². The molecule has 4 heteroatoms. The zero-order valence-electron chi connectivity index (χ0n) is 15.1. The molecule has 0 spiro atoms. The maximum absolute atomic E-state index is 12.8. The van der Waals surface area contributed by atoms with Gasteiger partial charge in [0.2, 0.25) is 5.91 Å². The molecule has 4 nitrogen and oxygen atoms in total. The first-order valence-electron chi connectivity index (χ1n) is 9.98. The van der Waals surface area contributed by atoms with Gasteiger partial charge in [-0.25, -0.2) is 0 Å². The standard InChI is InChI=1S/C21H30N2O2/c24-21(20-7-3-5-17-4-1-2-6-19(17)20)22-18-8-11-23(12-9-18)14-16-10-13-25-15-16/h1-2,4,6,16,18,20H,3,5,7-15H2,(H,22,24). The van der Waals surface area contributed by atoms with Gasteiger partial charge in [0.05, 0.1) is 12.5 Å². The molecular formula is C21H30N2O2. The van der Waals surface area contributed by atoms with Gasteiger partial charge in [-0.2, -0.15) is 0 Å². The molecule has 4 rings (SSSR count). The van der Waals surface area contributed by atoms with Crippen molar-refractivity contribution in [1.82, 2.24) is 10.2 Å². The van der Waals surface area contributed by atoms with Crippen LogP contribution >= 0.6 is 0 Å². The number of ether oxygens (including phenoxy) is 1. The number of amides is 1. The first-order valence-corrected chi connectivity index (χ1v) is 9.98. The highest BCUT2D eigenvalue weighted by atomic mass is 16.5. The number of hydrogen-bond acceptors (Lipinski definition) is 3. The molecule has 2 fully saturated rings. The van der Waals surface area contributed by atoms with Crippen LogP contribution in [0.5, 0.6) is 0 Å². The lowest BCUT2D eigenvalue weighted by Gasteiger charge is -2.34. The molecule has 1 N–H and O–H groups in total. The maximum Gasteiger partial charge on any atom is 0.227 e. The topological polar surface area (TPSA) is 41.6 Å². The first kappa shape index (κ1) is 17.0. The van der Waals surface area contributed by atoms with Crippen molar-refractivity contribution in [3.63, 3.8) is 0 Å². The van der Waals surface area contributed by atoms with Crippen LogP contribution in [-0.4, -0.2) is 49.7 Å². The molecule has 1 aromatic rings. The maximum atomic E-state index is 12.8. The molecule has 3 aliphatic rings. The van der Waals surface area contributed by atoms with Crippen LogP contribution in [0.25, 0.3) is 0 Å². The lowest BCUT2D eigenvalue weighted by atomic mass is 9.82. The van der Waals surface area contributed by atoms with E-state index in [-0.39, 0.29) is 11.8 Å². The zero-order chi connectivity index (χ0) is 17.1. The lowest BCUT2D eigenvalue weighted by Crippen LogP contribution is -2.47. The molecule has 2 aliphatic heterocycles. The molecule has 1 aliphatic carbocycles. The highest BCUT2D eigenvalue weighted by molar-refractivity contribution is 5.84. The Morgan fingerprint density at radius 3 is 2.80 bits per heavy atom. The number of fused-ring (bicyclic) bond motifs is 1. The van der Waals surface area contributed by atoms with E-state index in [1.165, 1.54) is 17.5 Å². The number of carbonyl (C=O) groups excluding carboxylic acids is 1. The minimum absolute atomic E-state index is 0.0543. The van der Waals surface area contributed by atoms with Gasteiger partial charge in [0.15, 0.2) is 0 Å². The van der Waals surface area contributed by atoms with E-state index >= 15 is 0 Å². The average Bonchev–Trinajstić information content (AvgIpc) is 3.16. The van der Waals surface area contributed by atoms with E-state index < -0.39 is 0 Å². The largest absolute Gasteiger partial charge is 0.381 e. The summed E-state index contributed by atoms with van der Waals surface area (Å²) in [7, 11) is 0. The van der Waals surface area contributed by atoms with Crippen LogP contribution in [0.15, 0.2) is 24.3 Å². The summed E-state index contributed by atoms with van der Waals surface area (Å²) in [5.74, 6) is 1.01. The van der Waals surface area contributed by atoms with Gasteiger partial charge in [-0.05, 0) is 55.6 Å². The number of piperidine rings is 1. The lowest BCUT2D eigenvalue weighted by molar-refractivity contribution is -0.123. The highest BCUT2D eigenvalue weighted by Gasteiger charge is 2.29. The van der Waals surface area contributed by atoms with Crippen molar-refractivity contribution in [3.05, 3.63) is 35.4 Å². The van der Waals surface area contributed by atoms with Gasteiger partial charge >= 0.3 is 0 Å². The molecule has 25 heavy (non-hydrogen) atoms. The van der Waals surface area contributed by atoms with Crippen LogP contribution in [0.1, 0.15) is 49.1 Å². The van der Waals surface area contributed by atoms with E-state index in [4.69, 9.17) is 4.74 Å². The molecule has 1 amide bonds. The van der Waals surface area contributed by atoms with Crippen LogP contribution in [-0.2, 0) is 16.0 Å². The molecule has 0 bridgehead atoms. The monoisotopic (exact) mass is 342 g/mol. The fourth-order valence-electron chi connectivity index (χ4n) is 4.68. The first-order chi connectivity index (χ1) is 12.3. The Bertz CT molecular complexity index is 589. The molecule has 2 saturated heterocycles. The molecule has 136 valence electrons. The SMILES string of the molecule is O=C(NC1CCN(CC2CCOC2)CC1)C1CCCc2ccccc21. The van der Waals surface area contributed by atoms with Gasteiger partial charge in [-0.15, -0.1) is 0 Å². The molecule has 2 heterocycles. The summed E-state index contributed by atoms with van der Waals surface area (Å²) in [6.07, 6.45) is 6.59. The van der Waals surface area contributed by atoms with E-state index in [2.05, 4.69) is 34.5 Å². The Kier molecular flexibility index (Phi) is 5.37. The third kappa shape index (κ3) is 4.06. The second kappa shape index (κ2) is 7.88. The minimum Gasteiger partial charge on any atom is -0.381 e. The predicted octanol–water partition coefficient (Wildman–Crippen LogP) is 2.72. The number of aryl methyl sites for hydroxylation is 1. The molecule has 2 unspecified atom stereocenters. The molecule has 0 saturated carbocycles. The molecule has 0 radical (unpaired) electrons. The molecule has 1 aromatic carbocycles. The summed E-state index contributed by atoms with van der Waals surface area (Å²) in [6, 6.07) is 8.82. The van der Waals surface area contributed by atoms with Gasteiger partial charge in [0.25, 0.3) is 0 Å². The van der Waals surface area contributed by atoms with Crippen LogP contribution in [0.4, 0.5) is 0 Å². The number of benzene rings is 1. The molecular weight excluding hydrogens is 312 g/mol. The quantitative estimate of drug-likeness (QED) is 0.915. The van der Waals surface area contributed by atoms with E-state index in [1.807, 2.05) is 0 Å². The Morgan fingerprint density at radius 2 is 2.00 bits per heavy atom. The zero-order valence-corrected chi connectivity index (χ0v) is 15.1. The van der Waals surface area contributed by atoms with E-state index in [1.54, 1.807) is 0 Å². The van der Waals surface area contributed by atoms with Gasteiger partial charge in [-0.1, -0.05) is 24.3 Å². The third-order valence-corrected chi connectivity index (χ3v) is 6.16. The summed E-state index contributed by atoms with van der Waals surface area (Å²) in [6.45, 7) is 5.22. The van der Waals surface area contributed by atoms with Crippen molar-refractivity contribution < 1.29 is 9.53 Å². The summed E-state index contributed by atoms with van der Waals surface area (Å²) in [4.78, 5) is 15.4. The normalized spacial score (nSPS) is 27.8. The number of nitrogens with one attached hydrogen (secondary N) is 1. The van der Waals surface area contributed by atoms with Crippen LogP contribution in [0.2, 0.25) is 0 Å². The highest BCUT2D eigenvalue weighted by Crippen LogP contribution is 2.32. The molecule has 2 atom stereocenters. The van der Waals surface area contributed by atoms with E-state index in [0.29, 0.717) is 12.0 Å². The number of rotatable bonds is 4. The number of carbonyl (C=O) groups is 1. The smallest absolute Gasteiger partial charge is 0.227 e. The second-order valence-corrected chi connectivity index (χ2v) is 7.96. The number of likely N-dealkylation sites (tertiary alicyclic amines) is 1. The Balaban J connectivity index is 1.28. The second-order valence-electron chi connectivity index (χ2n) is 7.96. The van der Waals surface area contributed by atoms with E-state index in [0.717, 1.165) is 65.0 Å². The summed E-state index contributed by atoms with van der Waals surface area (Å²) in [5, 5.41) is 3.35. The van der Waals surface area contributed by atoms with Crippen molar-refractivity contribution >= 4 is 5.91 Å². The predicted molar refractivity (Wildman–Crippen MR) is 98.7 cm³/mol. The van der Waals surface area contributed by atoms with Gasteiger partial charge in [0, 0.05) is 32.3 Å². The third-order valence-electron chi connectivity index (χ3n) is 6.16. The van der Waals surface area contributed by atoms with Crippen molar-refractivity contribution in [3.8, 4) is 0 Å². The minimum atomic E-state index is 0.0543. The van der Waals surface area contributed by atoms with Gasteiger partial charge in [-0.3, -0.25) is 4.79 Å². The van der Waals surface area contributed by atoms with Crippen LogP contribution < -0.4 is 5.32 Å². The Morgan fingerprint density at radius 1 is 1.16 bits per heavy atom. The summed E-state index contributed by atoms with van der Waals surface area (Å²) < 4.78 is 5.48. The van der Waals surface area contributed by atoms with Crippen molar-refractivity contribution in [2.24, 2.45) is 5.92 Å². The van der Waals surface area contributed by atoms with E-state index in [9.17, 15) is 4.79 Å². The van der Waals surface area contributed by atoms with Gasteiger partial charge in [0.1, 0.15) is 0 Å².